The van der Waals surface area contributed by atoms with E-state index >= 15 is 0 Å². The molecule has 29 heavy (non-hydrogen) atoms. The van der Waals surface area contributed by atoms with Gasteiger partial charge in [0.2, 0.25) is 5.91 Å². The fourth-order valence-corrected chi connectivity index (χ4v) is 2.62. The van der Waals surface area contributed by atoms with Gasteiger partial charge in [0.15, 0.2) is 18.1 Å². The molecule has 0 radical (unpaired) electrons. The molecule has 2 aromatic carbocycles. The van der Waals surface area contributed by atoms with Gasteiger partial charge in [-0.3, -0.25) is 4.79 Å². The van der Waals surface area contributed by atoms with Crippen molar-refractivity contribution in [3.8, 4) is 11.5 Å². The first-order valence-electron chi connectivity index (χ1n) is 9.27. The number of benzene rings is 2. The highest BCUT2D eigenvalue weighted by atomic mass is 16.6. The number of hydrogen-bond acceptors (Lipinski definition) is 6. The number of aryl methyl sites for hydroxylation is 2. The first-order chi connectivity index (χ1) is 13.9. The van der Waals surface area contributed by atoms with Crippen LogP contribution >= 0.6 is 0 Å². The molecule has 0 aliphatic rings. The van der Waals surface area contributed by atoms with Crippen molar-refractivity contribution in [3.63, 3.8) is 0 Å². The molecule has 0 heterocycles. The molecule has 0 aliphatic heterocycles. The zero-order valence-corrected chi connectivity index (χ0v) is 17.2. The fraction of sp³-hybridized carbons (Fsp3) is 0.318. The number of carbonyl (C=O) groups excluding carboxylic acids is 2. The van der Waals surface area contributed by atoms with E-state index in [0.29, 0.717) is 23.7 Å². The Kier molecular flexibility index (Phi) is 8.21. The maximum atomic E-state index is 12.1. The van der Waals surface area contributed by atoms with E-state index in [0.717, 1.165) is 16.7 Å². The molecule has 2 aromatic rings. The summed E-state index contributed by atoms with van der Waals surface area (Å²) in [5.74, 6) is 0.219. The van der Waals surface area contributed by atoms with E-state index in [9.17, 15) is 9.59 Å². The average Bonchev–Trinajstić information content (AvgIpc) is 2.69. The summed E-state index contributed by atoms with van der Waals surface area (Å²) in [5.41, 5.74) is 6.45. The Bertz CT molecular complexity index is 893. The molecular weight excluding hydrogens is 372 g/mol. The second-order valence-electron chi connectivity index (χ2n) is 6.40. The minimum absolute atomic E-state index is 0.198. The van der Waals surface area contributed by atoms with Gasteiger partial charge in [0.25, 0.3) is 0 Å². The monoisotopic (exact) mass is 398 g/mol. The number of ether oxygens (including phenoxy) is 3. The van der Waals surface area contributed by atoms with Crippen molar-refractivity contribution in [2.45, 2.75) is 27.2 Å². The van der Waals surface area contributed by atoms with Crippen molar-refractivity contribution >= 4 is 18.1 Å². The van der Waals surface area contributed by atoms with Crippen LogP contribution in [0.5, 0.6) is 11.5 Å². The fourth-order valence-electron chi connectivity index (χ4n) is 2.62. The summed E-state index contributed by atoms with van der Waals surface area (Å²) < 4.78 is 15.5. The zero-order chi connectivity index (χ0) is 21.2. The van der Waals surface area contributed by atoms with Gasteiger partial charge in [-0.1, -0.05) is 23.8 Å². The van der Waals surface area contributed by atoms with E-state index in [1.165, 1.54) is 13.3 Å². The molecule has 0 bridgehead atoms. The molecule has 154 valence electrons. The van der Waals surface area contributed by atoms with Gasteiger partial charge in [-0.25, -0.2) is 10.2 Å². The number of esters is 1. The number of rotatable bonds is 9. The van der Waals surface area contributed by atoms with Crippen LogP contribution in [0.1, 0.15) is 29.2 Å². The molecule has 0 atom stereocenters. The Morgan fingerprint density at radius 1 is 1.07 bits per heavy atom. The lowest BCUT2D eigenvalue weighted by Crippen LogP contribution is -2.20. The Morgan fingerprint density at radius 3 is 2.55 bits per heavy atom. The summed E-state index contributed by atoms with van der Waals surface area (Å²) >= 11 is 0. The lowest BCUT2D eigenvalue weighted by atomic mass is 10.0. The summed E-state index contributed by atoms with van der Waals surface area (Å²) in [7, 11) is 1.29. The molecule has 2 rings (SSSR count). The van der Waals surface area contributed by atoms with Crippen LogP contribution in [0, 0.1) is 13.8 Å². The number of amides is 1. The predicted molar refractivity (Wildman–Crippen MR) is 110 cm³/mol. The first-order valence-corrected chi connectivity index (χ1v) is 9.27. The SMILES string of the molecule is CCOc1cc(/C=N/NC(=O)Cc2ccc(C)cc2C)ccc1OCC(=O)OC. The highest BCUT2D eigenvalue weighted by molar-refractivity contribution is 5.84. The number of nitrogens with zero attached hydrogens (tertiary/aromatic N) is 1. The Labute approximate surface area is 170 Å². The van der Waals surface area contributed by atoms with Crippen molar-refractivity contribution in [1.82, 2.24) is 5.43 Å². The van der Waals surface area contributed by atoms with Crippen molar-refractivity contribution in [3.05, 3.63) is 58.7 Å². The molecule has 0 aromatic heterocycles. The molecular formula is C22H26N2O5. The summed E-state index contributed by atoms with van der Waals surface area (Å²) in [6.07, 6.45) is 1.78. The van der Waals surface area contributed by atoms with Crippen LogP contribution in [-0.4, -0.2) is 38.4 Å². The lowest BCUT2D eigenvalue weighted by molar-refractivity contribution is -0.142. The van der Waals surface area contributed by atoms with Gasteiger partial charge >= 0.3 is 5.97 Å². The smallest absolute Gasteiger partial charge is 0.343 e. The van der Waals surface area contributed by atoms with Crippen molar-refractivity contribution < 1.29 is 23.8 Å². The number of methoxy groups -OCH3 is 1. The highest BCUT2D eigenvalue weighted by Gasteiger charge is 2.09. The topological polar surface area (TPSA) is 86.2 Å². The maximum Gasteiger partial charge on any atom is 0.343 e. The largest absolute Gasteiger partial charge is 0.490 e. The lowest BCUT2D eigenvalue weighted by Gasteiger charge is -2.11. The van der Waals surface area contributed by atoms with Gasteiger partial charge in [0, 0.05) is 0 Å². The van der Waals surface area contributed by atoms with Crippen LogP contribution in [0.4, 0.5) is 0 Å². The van der Waals surface area contributed by atoms with Gasteiger partial charge < -0.3 is 14.2 Å². The van der Waals surface area contributed by atoms with Crippen molar-refractivity contribution in [1.29, 1.82) is 0 Å². The third-order valence-electron chi connectivity index (χ3n) is 4.09. The number of carbonyl (C=O) groups is 2. The van der Waals surface area contributed by atoms with Gasteiger partial charge in [0.1, 0.15) is 0 Å². The van der Waals surface area contributed by atoms with Crippen LogP contribution in [0.25, 0.3) is 0 Å². The summed E-state index contributed by atoms with van der Waals surface area (Å²) in [4.78, 5) is 23.4. The van der Waals surface area contributed by atoms with Crippen LogP contribution in [0.15, 0.2) is 41.5 Å². The second kappa shape index (κ2) is 10.8. The molecule has 7 nitrogen and oxygen atoms in total. The molecule has 7 heteroatoms. The Balaban J connectivity index is 1.99. The second-order valence-corrected chi connectivity index (χ2v) is 6.40. The molecule has 1 N–H and O–H groups in total. The summed E-state index contributed by atoms with van der Waals surface area (Å²) in [6.45, 7) is 6.07. The molecule has 0 saturated heterocycles. The van der Waals surface area contributed by atoms with Crippen LogP contribution in [-0.2, 0) is 20.7 Å². The third-order valence-corrected chi connectivity index (χ3v) is 4.09. The first kappa shape index (κ1) is 21.9. The third kappa shape index (κ3) is 6.95. The normalized spacial score (nSPS) is 10.6. The van der Waals surface area contributed by atoms with E-state index in [2.05, 4.69) is 15.3 Å². The van der Waals surface area contributed by atoms with Gasteiger partial charge in [0.05, 0.1) is 26.4 Å². The van der Waals surface area contributed by atoms with Gasteiger partial charge in [-0.15, -0.1) is 0 Å². The quantitative estimate of drug-likeness (QED) is 0.399. The Hall–Kier alpha value is -3.35. The van der Waals surface area contributed by atoms with Gasteiger partial charge in [-0.05, 0) is 55.7 Å². The summed E-state index contributed by atoms with van der Waals surface area (Å²) in [6, 6.07) is 11.1. The highest BCUT2D eigenvalue weighted by Crippen LogP contribution is 2.28. The Morgan fingerprint density at radius 2 is 1.86 bits per heavy atom. The summed E-state index contributed by atoms with van der Waals surface area (Å²) in [5, 5.41) is 4.01. The van der Waals surface area contributed by atoms with Gasteiger partial charge in [-0.2, -0.15) is 5.10 Å². The molecule has 0 unspecified atom stereocenters. The van der Waals surface area contributed by atoms with E-state index in [1.54, 1.807) is 18.2 Å². The average molecular weight is 398 g/mol. The molecule has 0 spiro atoms. The van der Waals surface area contributed by atoms with Crippen LogP contribution in [0.3, 0.4) is 0 Å². The number of nitrogens with one attached hydrogen (secondary N) is 1. The predicted octanol–water partition coefficient (Wildman–Crippen LogP) is 2.95. The van der Waals surface area contributed by atoms with Crippen LogP contribution < -0.4 is 14.9 Å². The van der Waals surface area contributed by atoms with Crippen molar-refractivity contribution in [2.24, 2.45) is 5.10 Å². The minimum Gasteiger partial charge on any atom is -0.490 e. The zero-order valence-electron chi connectivity index (χ0n) is 17.2. The molecule has 0 saturated carbocycles. The maximum absolute atomic E-state index is 12.1. The molecule has 1 amide bonds. The molecule has 0 fully saturated rings. The van der Waals surface area contributed by atoms with E-state index in [1.807, 2.05) is 39.0 Å². The van der Waals surface area contributed by atoms with E-state index in [-0.39, 0.29) is 18.9 Å². The number of hydrogen-bond donors (Lipinski definition) is 1. The van der Waals surface area contributed by atoms with E-state index < -0.39 is 5.97 Å². The van der Waals surface area contributed by atoms with Crippen LogP contribution in [0.2, 0.25) is 0 Å². The molecule has 0 aliphatic carbocycles. The van der Waals surface area contributed by atoms with E-state index in [4.69, 9.17) is 9.47 Å². The number of hydrazone groups is 1. The van der Waals surface area contributed by atoms with Crippen molar-refractivity contribution in [2.75, 3.05) is 20.3 Å². The minimum atomic E-state index is -0.482. The standard InChI is InChI=1S/C22H26N2O5/c1-5-28-20-11-17(7-9-19(20)29-14-22(26)27-4)13-23-24-21(25)12-18-8-6-15(2)10-16(18)3/h6-11,13H,5,12,14H2,1-4H3,(H,24,25)/b23-13+.